The van der Waals surface area contributed by atoms with Gasteiger partial charge >= 0.3 is 0 Å². The number of thiazole rings is 1. The molecule has 29 heavy (non-hydrogen) atoms. The zero-order valence-electron chi connectivity index (χ0n) is 15.7. The SMILES string of the molecule is COCOCC1CN(c2nc3ccc(Cl)cc3s2)Cc2[nH]c3ccc(Cl)cc3c21. The quantitative estimate of drug-likeness (QED) is 0.309. The van der Waals surface area contributed by atoms with Gasteiger partial charge in [-0.05, 0) is 42.0 Å². The van der Waals surface area contributed by atoms with Crippen molar-refractivity contribution >= 4 is 60.8 Å². The molecule has 0 spiro atoms. The largest absolute Gasteiger partial charge is 0.359 e. The molecule has 1 N–H and O–H groups in total. The number of nitrogens with one attached hydrogen (secondary N) is 1. The van der Waals surface area contributed by atoms with Crippen LogP contribution < -0.4 is 4.90 Å². The van der Waals surface area contributed by atoms with Gasteiger partial charge in [0.15, 0.2) is 5.13 Å². The first-order valence-corrected chi connectivity index (χ1v) is 10.9. The molecule has 0 bridgehead atoms. The predicted molar refractivity (Wildman–Crippen MR) is 120 cm³/mol. The molecule has 1 atom stereocenters. The van der Waals surface area contributed by atoms with Gasteiger partial charge in [0.2, 0.25) is 0 Å². The molecule has 5 rings (SSSR count). The van der Waals surface area contributed by atoms with Gasteiger partial charge in [0, 0.05) is 46.2 Å². The van der Waals surface area contributed by atoms with Crippen molar-refractivity contribution < 1.29 is 9.47 Å². The Morgan fingerprint density at radius 3 is 2.90 bits per heavy atom. The summed E-state index contributed by atoms with van der Waals surface area (Å²) in [7, 11) is 1.64. The van der Waals surface area contributed by atoms with Crippen LogP contribution in [0.1, 0.15) is 17.2 Å². The third-order valence-corrected chi connectivity index (χ3v) is 6.76. The van der Waals surface area contributed by atoms with Crippen LogP contribution in [0, 0.1) is 0 Å². The van der Waals surface area contributed by atoms with Crippen molar-refractivity contribution in [3.8, 4) is 0 Å². The molecule has 4 aromatic rings. The molecule has 2 aromatic carbocycles. The Morgan fingerprint density at radius 2 is 2.03 bits per heavy atom. The number of fused-ring (bicyclic) bond motifs is 4. The maximum Gasteiger partial charge on any atom is 0.186 e. The average Bonchev–Trinajstić information content (AvgIpc) is 3.28. The van der Waals surface area contributed by atoms with Crippen molar-refractivity contribution in [3.05, 3.63) is 57.7 Å². The number of hydrogen-bond donors (Lipinski definition) is 1. The highest BCUT2D eigenvalue weighted by Crippen LogP contribution is 2.39. The molecule has 2 aromatic heterocycles. The van der Waals surface area contributed by atoms with E-state index in [-0.39, 0.29) is 12.7 Å². The van der Waals surface area contributed by atoms with Crippen molar-refractivity contribution in [3.63, 3.8) is 0 Å². The number of H-pyrrole nitrogens is 1. The Morgan fingerprint density at radius 1 is 1.21 bits per heavy atom. The summed E-state index contributed by atoms with van der Waals surface area (Å²) in [5, 5.41) is 3.61. The third kappa shape index (κ3) is 3.60. The minimum absolute atomic E-state index is 0.178. The lowest BCUT2D eigenvalue weighted by Crippen LogP contribution is -2.35. The van der Waals surface area contributed by atoms with Crippen molar-refractivity contribution in [2.45, 2.75) is 12.5 Å². The Hall–Kier alpha value is -1.83. The topological polar surface area (TPSA) is 50.4 Å². The monoisotopic (exact) mass is 447 g/mol. The molecule has 0 radical (unpaired) electrons. The minimum atomic E-state index is 0.178. The van der Waals surface area contributed by atoms with Crippen LogP contribution in [0.2, 0.25) is 10.0 Å². The van der Waals surface area contributed by atoms with Gasteiger partial charge in [-0.25, -0.2) is 4.98 Å². The molecule has 0 amide bonds. The first-order valence-electron chi connectivity index (χ1n) is 9.30. The van der Waals surface area contributed by atoms with Crippen LogP contribution in [0.4, 0.5) is 5.13 Å². The summed E-state index contributed by atoms with van der Waals surface area (Å²) in [6, 6.07) is 11.8. The molecule has 0 aliphatic carbocycles. The van der Waals surface area contributed by atoms with Gasteiger partial charge in [-0.2, -0.15) is 0 Å². The van der Waals surface area contributed by atoms with Gasteiger partial charge < -0.3 is 19.4 Å². The fraction of sp³-hybridized carbons (Fsp3) is 0.286. The molecule has 150 valence electrons. The highest BCUT2D eigenvalue weighted by Gasteiger charge is 2.30. The lowest BCUT2D eigenvalue weighted by Gasteiger charge is -2.32. The second-order valence-corrected chi connectivity index (χ2v) is 9.05. The minimum Gasteiger partial charge on any atom is -0.359 e. The number of methoxy groups -OCH3 is 1. The van der Waals surface area contributed by atoms with E-state index in [4.69, 9.17) is 37.7 Å². The molecule has 1 aliphatic rings. The number of halogens is 2. The fourth-order valence-electron chi connectivity index (χ4n) is 4.02. The summed E-state index contributed by atoms with van der Waals surface area (Å²) in [4.78, 5) is 10.7. The predicted octanol–water partition coefficient (Wildman–Crippen LogP) is 5.81. The molecule has 5 nitrogen and oxygen atoms in total. The summed E-state index contributed by atoms with van der Waals surface area (Å²) in [5.41, 5.74) is 4.51. The van der Waals surface area contributed by atoms with Gasteiger partial charge in [-0.3, -0.25) is 0 Å². The smallest absolute Gasteiger partial charge is 0.186 e. The summed E-state index contributed by atoms with van der Waals surface area (Å²) >= 11 is 14.1. The standard InChI is InChI=1S/C21H19Cl2N3O2S/c1-27-11-28-10-12-8-26(21-25-17-5-3-14(23)7-19(17)29-21)9-18-20(12)15-6-13(22)2-4-16(15)24-18/h2-7,12,24H,8-11H2,1H3. The average molecular weight is 448 g/mol. The normalized spacial score (nSPS) is 16.7. The first-order chi connectivity index (χ1) is 14.1. The highest BCUT2D eigenvalue weighted by atomic mass is 35.5. The number of aromatic amines is 1. The van der Waals surface area contributed by atoms with Gasteiger partial charge in [-0.1, -0.05) is 34.5 Å². The lowest BCUT2D eigenvalue weighted by atomic mass is 9.92. The molecule has 0 saturated carbocycles. The second-order valence-electron chi connectivity index (χ2n) is 7.17. The number of ether oxygens (including phenoxy) is 2. The Labute approximate surface area is 182 Å². The van der Waals surface area contributed by atoms with E-state index < -0.39 is 0 Å². The maximum atomic E-state index is 6.28. The Balaban J connectivity index is 1.55. The number of anilines is 1. The number of benzene rings is 2. The molecule has 0 saturated heterocycles. The van der Waals surface area contributed by atoms with Gasteiger partial charge in [0.25, 0.3) is 0 Å². The van der Waals surface area contributed by atoms with Crippen molar-refractivity contribution in [1.82, 2.24) is 9.97 Å². The lowest BCUT2D eigenvalue weighted by molar-refractivity contribution is -0.0354. The van der Waals surface area contributed by atoms with Crippen LogP contribution in [0.3, 0.4) is 0 Å². The van der Waals surface area contributed by atoms with Crippen molar-refractivity contribution in [1.29, 1.82) is 0 Å². The molecule has 0 fully saturated rings. The molecule has 8 heteroatoms. The molecular weight excluding hydrogens is 429 g/mol. The van der Waals surface area contributed by atoms with Gasteiger partial charge in [-0.15, -0.1) is 0 Å². The summed E-state index contributed by atoms with van der Waals surface area (Å²) in [6.45, 7) is 2.40. The van der Waals surface area contributed by atoms with E-state index in [9.17, 15) is 0 Å². The highest BCUT2D eigenvalue weighted by molar-refractivity contribution is 7.22. The van der Waals surface area contributed by atoms with Crippen LogP contribution in [0.25, 0.3) is 21.1 Å². The van der Waals surface area contributed by atoms with Crippen molar-refractivity contribution in [2.75, 3.05) is 32.0 Å². The van der Waals surface area contributed by atoms with Gasteiger partial charge in [0.05, 0.1) is 23.4 Å². The number of hydrogen-bond acceptors (Lipinski definition) is 5. The third-order valence-electron chi connectivity index (χ3n) is 5.21. The maximum absolute atomic E-state index is 6.28. The second kappa shape index (κ2) is 7.78. The zero-order valence-corrected chi connectivity index (χ0v) is 18.1. The molecule has 1 aliphatic heterocycles. The number of nitrogens with zero attached hydrogens (tertiary/aromatic N) is 2. The summed E-state index contributed by atoms with van der Waals surface area (Å²) < 4.78 is 11.9. The van der Waals surface area contributed by atoms with E-state index in [1.807, 2.05) is 36.4 Å². The fourth-order valence-corrected chi connectivity index (χ4v) is 5.44. The molecular formula is C21H19Cl2N3O2S. The van der Waals surface area contributed by atoms with Crippen LogP contribution >= 0.6 is 34.5 Å². The Kier molecular flexibility index (Phi) is 5.14. The van der Waals surface area contributed by atoms with Crippen LogP contribution in [0.15, 0.2) is 36.4 Å². The van der Waals surface area contributed by atoms with Crippen molar-refractivity contribution in [2.24, 2.45) is 0 Å². The Bertz CT molecular complexity index is 1190. The van der Waals surface area contributed by atoms with E-state index in [2.05, 4.69) is 9.88 Å². The van der Waals surface area contributed by atoms with Gasteiger partial charge in [0.1, 0.15) is 6.79 Å². The van der Waals surface area contributed by atoms with E-state index in [0.717, 1.165) is 49.4 Å². The number of rotatable bonds is 5. The van der Waals surface area contributed by atoms with E-state index in [1.54, 1.807) is 18.4 Å². The van der Waals surface area contributed by atoms with Crippen LogP contribution in [-0.2, 0) is 16.0 Å². The van der Waals surface area contributed by atoms with E-state index in [1.165, 1.54) is 11.3 Å². The summed E-state index contributed by atoms with van der Waals surface area (Å²) in [6.07, 6.45) is 0. The first kappa shape index (κ1) is 19.2. The van der Waals surface area contributed by atoms with Crippen LogP contribution in [-0.4, -0.2) is 37.0 Å². The van der Waals surface area contributed by atoms with E-state index >= 15 is 0 Å². The van der Waals surface area contributed by atoms with E-state index in [0.29, 0.717) is 6.61 Å². The molecule has 1 unspecified atom stereocenters. The molecule has 3 heterocycles. The van der Waals surface area contributed by atoms with Crippen LogP contribution in [0.5, 0.6) is 0 Å². The zero-order chi connectivity index (χ0) is 20.0. The number of aromatic nitrogens is 2. The summed E-state index contributed by atoms with van der Waals surface area (Å²) in [5.74, 6) is 0.178.